The van der Waals surface area contributed by atoms with Crippen molar-refractivity contribution >= 4 is 16.6 Å². The molecule has 0 aliphatic carbocycles. The number of nitrogens with zero attached hydrogens (tertiary/aromatic N) is 2. The zero-order valence-corrected chi connectivity index (χ0v) is 20.5. The van der Waals surface area contributed by atoms with Crippen molar-refractivity contribution in [3.05, 3.63) is 41.0 Å². The van der Waals surface area contributed by atoms with Crippen LogP contribution in [-0.2, 0) is 6.42 Å². The topological polar surface area (TPSA) is 92.9 Å². The van der Waals surface area contributed by atoms with Crippen LogP contribution in [0.1, 0.15) is 30.9 Å². The third kappa shape index (κ3) is 4.70. The maximum atomic E-state index is 15.8. The van der Waals surface area contributed by atoms with E-state index < -0.39 is 11.6 Å². The third-order valence-electron chi connectivity index (χ3n) is 6.79. The van der Waals surface area contributed by atoms with Crippen LogP contribution in [0.2, 0.25) is 0 Å². The van der Waals surface area contributed by atoms with E-state index in [1.54, 1.807) is 6.92 Å². The molecule has 1 fully saturated rings. The molecule has 3 aromatic rings. The highest BCUT2D eigenvalue weighted by molar-refractivity contribution is 6.04. The minimum absolute atomic E-state index is 0.0467. The average Bonchev–Trinajstić information content (AvgIpc) is 2.85. The van der Waals surface area contributed by atoms with Gasteiger partial charge in [-0.3, -0.25) is 0 Å². The van der Waals surface area contributed by atoms with Gasteiger partial charge in [-0.2, -0.15) is 0 Å². The summed E-state index contributed by atoms with van der Waals surface area (Å²) in [6.07, 6.45) is 2.47. The lowest BCUT2D eigenvalue weighted by atomic mass is 9.95. The summed E-state index contributed by atoms with van der Waals surface area (Å²) in [6.45, 7) is 5.97. The van der Waals surface area contributed by atoms with Crippen molar-refractivity contribution in [2.24, 2.45) is 11.8 Å². The lowest BCUT2D eigenvalue weighted by Gasteiger charge is -2.29. The molecule has 9 heteroatoms. The van der Waals surface area contributed by atoms with Crippen LogP contribution in [0.4, 0.5) is 14.6 Å². The summed E-state index contributed by atoms with van der Waals surface area (Å²) in [5, 5.41) is 10.4. The zero-order valence-electron chi connectivity index (χ0n) is 20.5. The van der Waals surface area contributed by atoms with Crippen molar-refractivity contribution in [2.45, 2.75) is 33.1 Å². The van der Waals surface area contributed by atoms with Gasteiger partial charge in [0.15, 0.2) is 11.5 Å². The number of piperidine rings is 1. The van der Waals surface area contributed by atoms with Crippen molar-refractivity contribution in [1.82, 2.24) is 9.88 Å². The van der Waals surface area contributed by atoms with Gasteiger partial charge in [-0.1, -0.05) is 6.92 Å². The van der Waals surface area contributed by atoms with E-state index in [-0.39, 0.29) is 34.0 Å². The number of methoxy groups -OCH3 is 1. The molecule has 188 valence electrons. The average molecular weight is 487 g/mol. The summed E-state index contributed by atoms with van der Waals surface area (Å²) >= 11 is 0. The third-order valence-corrected chi connectivity index (χ3v) is 6.79. The highest BCUT2D eigenvalue weighted by Crippen LogP contribution is 2.45. The van der Waals surface area contributed by atoms with Gasteiger partial charge in [-0.25, -0.2) is 19.6 Å². The maximum absolute atomic E-state index is 15.8. The SMILES string of the molecule is CCc1c(NN)nc(-c2cc(C)c(O)cc2F)c2c(F)cc(OCC3CCN(C)CC3)c(OC)c12. The Balaban J connectivity index is 1.91. The van der Waals surface area contributed by atoms with Crippen molar-refractivity contribution in [1.29, 1.82) is 0 Å². The van der Waals surface area contributed by atoms with Crippen LogP contribution in [0.15, 0.2) is 18.2 Å². The van der Waals surface area contributed by atoms with Crippen molar-refractivity contribution < 1.29 is 23.4 Å². The van der Waals surface area contributed by atoms with Crippen molar-refractivity contribution in [2.75, 3.05) is 39.3 Å². The van der Waals surface area contributed by atoms with Gasteiger partial charge < -0.3 is 24.9 Å². The number of aryl methyl sites for hydroxylation is 2. The summed E-state index contributed by atoms with van der Waals surface area (Å²) in [5.41, 5.74) is 3.73. The number of hydrogen-bond donors (Lipinski definition) is 3. The Morgan fingerprint density at radius 1 is 1.17 bits per heavy atom. The first-order chi connectivity index (χ1) is 16.8. The van der Waals surface area contributed by atoms with Gasteiger partial charge in [0, 0.05) is 34.0 Å². The lowest BCUT2D eigenvalue weighted by Crippen LogP contribution is -2.32. The molecule has 1 saturated heterocycles. The molecule has 4 rings (SSSR count). The number of ether oxygens (including phenoxy) is 2. The standard InChI is InChI=1S/C26H32F2N4O3/c1-5-16-22-23(24(30-26(16)31-29)17-10-14(2)20(33)11-18(17)27)19(28)12-21(25(22)34-4)35-13-15-6-8-32(3)9-7-15/h10-12,15,33H,5-9,13,29H2,1-4H3,(H,30,31). The van der Waals surface area contributed by atoms with E-state index in [0.29, 0.717) is 41.2 Å². The van der Waals surface area contributed by atoms with E-state index in [2.05, 4.69) is 22.4 Å². The molecule has 0 radical (unpaired) electrons. The predicted octanol–water partition coefficient (Wildman–Crippen LogP) is 4.77. The number of nitrogens with two attached hydrogens (primary N) is 1. The number of rotatable bonds is 7. The predicted molar refractivity (Wildman–Crippen MR) is 133 cm³/mol. The second kappa shape index (κ2) is 10.2. The van der Waals surface area contributed by atoms with E-state index in [9.17, 15) is 9.50 Å². The van der Waals surface area contributed by atoms with Crippen LogP contribution in [-0.4, -0.2) is 48.8 Å². The fraction of sp³-hybridized carbons (Fsp3) is 0.423. The lowest BCUT2D eigenvalue weighted by molar-refractivity contribution is 0.157. The number of phenols is 1. The number of aromatic nitrogens is 1. The number of halogens is 2. The molecule has 4 N–H and O–H groups in total. The van der Waals surface area contributed by atoms with E-state index in [1.165, 1.54) is 19.2 Å². The first-order valence-corrected chi connectivity index (χ1v) is 11.8. The van der Waals surface area contributed by atoms with Gasteiger partial charge in [-0.05, 0) is 63.9 Å². The molecule has 2 aromatic carbocycles. The van der Waals surface area contributed by atoms with Crippen LogP contribution < -0.4 is 20.7 Å². The minimum atomic E-state index is -0.727. The van der Waals surface area contributed by atoms with Gasteiger partial charge in [0.05, 0.1) is 19.4 Å². The number of phenolic OH excluding ortho intramolecular Hbond substituents is 1. The Morgan fingerprint density at radius 3 is 2.51 bits per heavy atom. The molecule has 0 atom stereocenters. The van der Waals surface area contributed by atoms with Gasteiger partial charge in [-0.15, -0.1) is 0 Å². The van der Waals surface area contributed by atoms with Crippen LogP contribution in [0, 0.1) is 24.5 Å². The number of aromatic hydroxyl groups is 1. The molecule has 0 bridgehead atoms. The summed E-state index contributed by atoms with van der Waals surface area (Å²) in [4.78, 5) is 6.76. The molecular weight excluding hydrogens is 454 g/mol. The molecular formula is C26H32F2N4O3. The van der Waals surface area contributed by atoms with Gasteiger partial charge >= 0.3 is 0 Å². The Bertz CT molecular complexity index is 1240. The number of hydrogen-bond acceptors (Lipinski definition) is 7. The maximum Gasteiger partial charge on any atom is 0.169 e. The van der Waals surface area contributed by atoms with E-state index in [0.717, 1.165) is 32.0 Å². The molecule has 1 aliphatic rings. The fourth-order valence-electron chi connectivity index (χ4n) is 4.74. The van der Waals surface area contributed by atoms with Gasteiger partial charge in [0.25, 0.3) is 0 Å². The minimum Gasteiger partial charge on any atom is -0.508 e. The molecule has 35 heavy (non-hydrogen) atoms. The first kappa shape index (κ1) is 24.9. The number of pyridine rings is 1. The quantitative estimate of drug-likeness (QED) is 0.327. The smallest absolute Gasteiger partial charge is 0.169 e. The van der Waals surface area contributed by atoms with Crippen LogP contribution in [0.3, 0.4) is 0 Å². The molecule has 0 spiro atoms. The van der Waals surface area contributed by atoms with Crippen LogP contribution in [0.5, 0.6) is 17.2 Å². The molecule has 2 heterocycles. The van der Waals surface area contributed by atoms with E-state index in [1.807, 2.05) is 6.92 Å². The second-order valence-electron chi connectivity index (χ2n) is 9.10. The van der Waals surface area contributed by atoms with Crippen molar-refractivity contribution in [3.8, 4) is 28.5 Å². The normalized spacial score (nSPS) is 14.9. The van der Waals surface area contributed by atoms with E-state index in [4.69, 9.17) is 15.3 Å². The van der Waals surface area contributed by atoms with Crippen LogP contribution >= 0.6 is 0 Å². The van der Waals surface area contributed by atoms with Crippen molar-refractivity contribution in [3.63, 3.8) is 0 Å². The Morgan fingerprint density at radius 2 is 1.89 bits per heavy atom. The van der Waals surface area contributed by atoms with Gasteiger partial charge in [0.1, 0.15) is 23.2 Å². The number of nitrogen functional groups attached to an aromatic ring is 1. The number of likely N-dealkylation sites (tertiary alicyclic amines) is 1. The molecule has 7 nitrogen and oxygen atoms in total. The Labute approximate surface area is 203 Å². The number of benzene rings is 2. The zero-order chi connectivity index (χ0) is 25.3. The van der Waals surface area contributed by atoms with Crippen LogP contribution in [0.25, 0.3) is 22.0 Å². The second-order valence-corrected chi connectivity index (χ2v) is 9.10. The Hall–Kier alpha value is -3.17. The number of anilines is 1. The molecule has 0 amide bonds. The largest absolute Gasteiger partial charge is 0.508 e. The summed E-state index contributed by atoms with van der Waals surface area (Å²) in [5.74, 6) is 5.53. The molecule has 0 saturated carbocycles. The fourth-order valence-corrected chi connectivity index (χ4v) is 4.74. The molecule has 1 aliphatic heterocycles. The summed E-state index contributed by atoms with van der Waals surface area (Å²) in [7, 11) is 3.59. The molecule has 0 unspecified atom stereocenters. The first-order valence-electron chi connectivity index (χ1n) is 11.8. The number of nitrogens with one attached hydrogen (secondary N) is 1. The van der Waals surface area contributed by atoms with Gasteiger partial charge in [0.2, 0.25) is 0 Å². The molecule has 1 aromatic heterocycles. The monoisotopic (exact) mass is 486 g/mol. The highest BCUT2D eigenvalue weighted by Gasteiger charge is 2.26. The number of hydrazine groups is 1. The summed E-state index contributed by atoms with van der Waals surface area (Å²) in [6, 6.07) is 3.71. The van der Waals surface area contributed by atoms with E-state index >= 15 is 4.39 Å². The Kier molecular flexibility index (Phi) is 7.28. The highest BCUT2D eigenvalue weighted by atomic mass is 19.1. The summed E-state index contributed by atoms with van der Waals surface area (Å²) < 4.78 is 42.6. The number of fused-ring (bicyclic) bond motifs is 1.